The maximum Gasteiger partial charge on any atom is 0.253 e. The lowest BCUT2D eigenvalue weighted by atomic mass is 9.94. The summed E-state index contributed by atoms with van der Waals surface area (Å²) in [5, 5.41) is 3.64. The Bertz CT molecular complexity index is 1440. The highest BCUT2D eigenvalue weighted by Gasteiger charge is 2.34. The molecule has 1 saturated heterocycles. The van der Waals surface area contributed by atoms with Crippen molar-refractivity contribution in [2.45, 2.75) is 32.2 Å². The Morgan fingerprint density at radius 1 is 1.23 bits per heavy atom. The van der Waals surface area contributed by atoms with Crippen LogP contribution in [-0.2, 0) is 23.6 Å². The van der Waals surface area contributed by atoms with Crippen molar-refractivity contribution in [3.05, 3.63) is 59.3 Å². The van der Waals surface area contributed by atoms with Gasteiger partial charge in [-0.1, -0.05) is 0 Å². The number of fused-ring (bicyclic) bond motifs is 2. The fourth-order valence-electron chi connectivity index (χ4n) is 4.09. The van der Waals surface area contributed by atoms with Gasteiger partial charge in [0.25, 0.3) is 5.91 Å². The summed E-state index contributed by atoms with van der Waals surface area (Å²) < 4.78 is 21.0. The van der Waals surface area contributed by atoms with Crippen LogP contribution in [-0.4, -0.2) is 50.5 Å². The van der Waals surface area contributed by atoms with E-state index in [4.69, 9.17) is 9.72 Å². The molecule has 1 atom stereocenters. The van der Waals surface area contributed by atoms with Crippen LogP contribution in [0.15, 0.2) is 36.8 Å². The third-order valence-electron chi connectivity index (χ3n) is 6.17. The highest BCUT2D eigenvalue weighted by Crippen LogP contribution is 2.33. The Morgan fingerprint density at radius 2 is 2.11 bits per heavy atom. The molecule has 1 amide bonds. The van der Waals surface area contributed by atoms with Crippen LogP contribution in [0, 0.1) is 0 Å². The van der Waals surface area contributed by atoms with Crippen LogP contribution in [0.4, 0.5) is 10.3 Å². The van der Waals surface area contributed by atoms with E-state index < -0.39 is 5.67 Å². The molecule has 0 unspecified atom stereocenters. The molecule has 0 saturated carbocycles. The number of ether oxygens (including phenoxy) is 1. The third-order valence-corrected chi connectivity index (χ3v) is 7.20. The number of nitrogens with one attached hydrogen (secondary N) is 1. The van der Waals surface area contributed by atoms with E-state index in [9.17, 15) is 9.18 Å². The Kier molecular flexibility index (Phi) is 5.37. The maximum atomic E-state index is 14.8. The van der Waals surface area contributed by atoms with E-state index in [1.54, 1.807) is 18.5 Å². The first kappa shape index (κ1) is 21.9. The minimum Gasteiger partial charge on any atom is -0.371 e. The van der Waals surface area contributed by atoms with Gasteiger partial charge in [0.1, 0.15) is 10.7 Å². The Balaban J connectivity index is 1.18. The lowest BCUT2D eigenvalue weighted by molar-refractivity contribution is -0.00692. The number of hydrogen-bond acceptors (Lipinski definition) is 9. The van der Waals surface area contributed by atoms with E-state index in [-0.39, 0.29) is 25.7 Å². The summed E-state index contributed by atoms with van der Waals surface area (Å²) in [5.74, 6) is 0.384. The van der Waals surface area contributed by atoms with Crippen molar-refractivity contribution in [3.8, 4) is 10.7 Å². The van der Waals surface area contributed by atoms with Crippen molar-refractivity contribution in [1.29, 1.82) is 0 Å². The molecule has 0 radical (unpaired) electrons. The Morgan fingerprint density at radius 3 is 2.94 bits per heavy atom. The normalized spacial score (nSPS) is 19.3. The van der Waals surface area contributed by atoms with E-state index in [2.05, 4.69) is 30.2 Å². The summed E-state index contributed by atoms with van der Waals surface area (Å²) in [6.07, 6.45) is 6.12. The Labute approximate surface area is 204 Å². The zero-order valence-corrected chi connectivity index (χ0v) is 19.8. The molecule has 6 heterocycles. The van der Waals surface area contributed by atoms with Gasteiger partial charge in [0, 0.05) is 37.2 Å². The second-order valence-corrected chi connectivity index (χ2v) is 9.87. The molecule has 1 fully saturated rings. The molecular weight excluding hydrogens is 469 g/mol. The van der Waals surface area contributed by atoms with Gasteiger partial charge in [-0.05, 0) is 31.5 Å². The predicted molar refractivity (Wildman–Crippen MR) is 129 cm³/mol. The molecule has 11 heteroatoms. The number of hydrogen-bond donors (Lipinski definition) is 1. The fraction of sp³-hybridized carbons (Fsp3) is 0.333. The number of nitrogens with zero attached hydrogens (tertiary/aromatic N) is 6. The van der Waals surface area contributed by atoms with Crippen LogP contribution in [0.25, 0.3) is 20.9 Å². The average molecular weight is 492 g/mol. The van der Waals surface area contributed by atoms with Gasteiger partial charge in [-0.2, -0.15) is 0 Å². The number of carbonyl (C=O) groups excluding carboxylic acids is 1. The highest BCUT2D eigenvalue weighted by atomic mass is 32.1. The van der Waals surface area contributed by atoms with Crippen LogP contribution in [0.5, 0.6) is 0 Å². The minimum absolute atomic E-state index is 0.0547. The van der Waals surface area contributed by atoms with E-state index in [0.717, 1.165) is 46.4 Å². The molecular formula is C24H22FN7O2S. The summed E-state index contributed by atoms with van der Waals surface area (Å²) in [6.45, 7) is 3.78. The van der Waals surface area contributed by atoms with E-state index in [1.165, 1.54) is 24.5 Å². The number of rotatable bonds is 5. The summed E-state index contributed by atoms with van der Waals surface area (Å²) in [4.78, 5) is 37.3. The Hall–Kier alpha value is -3.57. The van der Waals surface area contributed by atoms with Gasteiger partial charge in [-0.3, -0.25) is 14.8 Å². The van der Waals surface area contributed by atoms with Crippen LogP contribution < -0.4 is 10.2 Å². The van der Waals surface area contributed by atoms with Gasteiger partial charge in [-0.25, -0.2) is 19.3 Å². The van der Waals surface area contributed by atoms with Crippen LogP contribution >= 0.6 is 11.3 Å². The first-order valence-corrected chi connectivity index (χ1v) is 12.2. The van der Waals surface area contributed by atoms with Crippen LogP contribution in [0.1, 0.15) is 40.7 Å². The number of alkyl halides is 1. The smallest absolute Gasteiger partial charge is 0.253 e. The molecule has 0 spiro atoms. The molecule has 2 aliphatic rings. The maximum absolute atomic E-state index is 14.8. The van der Waals surface area contributed by atoms with Crippen molar-refractivity contribution in [2.24, 2.45) is 0 Å². The number of aromatic nitrogens is 5. The molecule has 6 rings (SSSR count). The fourth-order valence-corrected chi connectivity index (χ4v) is 4.98. The van der Waals surface area contributed by atoms with Gasteiger partial charge >= 0.3 is 0 Å². The molecule has 4 aromatic heterocycles. The minimum atomic E-state index is -1.68. The monoisotopic (exact) mass is 491 g/mol. The van der Waals surface area contributed by atoms with Crippen molar-refractivity contribution < 1.29 is 13.9 Å². The number of thiazole rings is 1. The van der Waals surface area contributed by atoms with E-state index >= 15 is 0 Å². The van der Waals surface area contributed by atoms with E-state index in [0.29, 0.717) is 22.5 Å². The zero-order chi connectivity index (χ0) is 24.0. The summed E-state index contributed by atoms with van der Waals surface area (Å²) in [7, 11) is 0. The largest absolute Gasteiger partial charge is 0.371 e. The number of anilines is 1. The van der Waals surface area contributed by atoms with Gasteiger partial charge in [0.05, 0.1) is 46.9 Å². The van der Waals surface area contributed by atoms with Gasteiger partial charge in [-0.15, -0.1) is 11.3 Å². The number of amides is 1. The van der Waals surface area contributed by atoms with Crippen molar-refractivity contribution >= 4 is 33.4 Å². The SMILES string of the molecule is C[C@@]1(F)COCc2ncc(C(=O)NCc3cc4nc(-c5ccnc(N6CCC6)n5)sc4cn3)cc21. The molecule has 0 aliphatic carbocycles. The molecule has 0 aromatic carbocycles. The molecule has 0 bridgehead atoms. The van der Waals surface area contributed by atoms with Crippen molar-refractivity contribution in [3.63, 3.8) is 0 Å². The second-order valence-electron chi connectivity index (χ2n) is 8.84. The molecule has 35 heavy (non-hydrogen) atoms. The standard InChI is InChI=1S/C24H22FN7O2S/c1-24(25)13-34-12-19-16(24)7-14(9-28-19)21(33)29-10-15-8-18-20(11-27-15)35-22(30-18)17-3-4-26-23(31-17)32-5-2-6-32/h3-4,7-9,11H,2,5-6,10,12-13H2,1H3,(H,29,33)/t24-/m1/s1. The lowest BCUT2D eigenvalue weighted by Crippen LogP contribution is -2.38. The summed E-state index contributed by atoms with van der Waals surface area (Å²) >= 11 is 1.52. The van der Waals surface area contributed by atoms with E-state index in [1.807, 2.05) is 12.1 Å². The number of carbonyl (C=O) groups is 1. The number of pyridine rings is 2. The third kappa shape index (κ3) is 4.21. The first-order valence-electron chi connectivity index (χ1n) is 11.3. The topological polar surface area (TPSA) is 106 Å². The van der Waals surface area contributed by atoms with Crippen LogP contribution in [0.3, 0.4) is 0 Å². The van der Waals surface area contributed by atoms with Gasteiger partial charge < -0.3 is 15.0 Å². The first-order chi connectivity index (χ1) is 17.0. The molecule has 1 N–H and O–H groups in total. The average Bonchev–Trinajstić information content (AvgIpc) is 3.25. The van der Waals surface area contributed by atoms with Crippen molar-refractivity contribution in [2.75, 3.05) is 24.6 Å². The second kappa shape index (κ2) is 8.58. The highest BCUT2D eigenvalue weighted by molar-refractivity contribution is 7.21. The quantitative estimate of drug-likeness (QED) is 0.453. The van der Waals surface area contributed by atoms with Gasteiger partial charge in [0.15, 0.2) is 5.67 Å². The zero-order valence-electron chi connectivity index (χ0n) is 19.0. The summed E-state index contributed by atoms with van der Waals surface area (Å²) in [6, 6.07) is 5.27. The number of halogens is 1. The van der Waals surface area contributed by atoms with Crippen molar-refractivity contribution in [1.82, 2.24) is 30.2 Å². The van der Waals surface area contributed by atoms with Gasteiger partial charge in [0.2, 0.25) is 5.95 Å². The lowest BCUT2D eigenvalue weighted by Gasteiger charge is -2.30. The van der Waals surface area contributed by atoms with Crippen LogP contribution in [0.2, 0.25) is 0 Å². The predicted octanol–water partition coefficient (Wildman–Crippen LogP) is 3.40. The molecule has 2 aliphatic heterocycles. The molecule has 9 nitrogen and oxygen atoms in total. The molecule has 4 aromatic rings. The summed E-state index contributed by atoms with van der Waals surface area (Å²) in [5.41, 5.74) is 1.78. The molecule has 178 valence electrons.